The minimum Gasteiger partial charge on any atom is -0.305 e. The molecule has 4 rings (SSSR count). The Balaban J connectivity index is 1.41. The van der Waals surface area contributed by atoms with E-state index in [0.717, 1.165) is 6.54 Å². The fourth-order valence-corrected chi connectivity index (χ4v) is 4.88. The van der Waals surface area contributed by atoms with E-state index in [-0.39, 0.29) is 0 Å². The molecule has 1 atom stereocenters. The fraction of sp³-hybridized carbons (Fsp3) is 0.500. The van der Waals surface area contributed by atoms with E-state index in [0.29, 0.717) is 11.3 Å². The van der Waals surface area contributed by atoms with Crippen LogP contribution in [0.3, 0.4) is 0 Å². The molecule has 1 aromatic heterocycles. The Hall–Kier alpha value is -1.71. The normalized spacial score (nSPS) is 24.4. The van der Waals surface area contributed by atoms with Crippen LogP contribution in [0.25, 0.3) is 0 Å². The largest absolute Gasteiger partial charge is 0.305 e. The lowest BCUT2D eigenvalue weighted by atomic mass is 9.68. The predicted molar refractivity (Wildman–Crippen MR) is 102 cm³/mol. The van der Waals surface area contributed by atoms with E-state index in [1.54, 1.807) is 0 Å². The van der Waals surface area contributed by atoms with Crippen molar-refractivity contribution in [3.8, 4) is 0 Å². The molecule has 1 aromatic carbocycles. The number of hydrogen-bond donors (Lipinski definition) is 0. The second kappa shape index (κ2) is 7.27. The molecule has 0 unspecified atom stereocenters. The van der Waals surface area contributed by atoms with Gasteiger partial charge < -0.3 is 4.90 Å². The van der Waals surface area contributed by atoms with Gasteiger partial charge in [-0.2, -0.15) is 0 Å². The van der Waals surface area contributed by atoms with Crippen LogP contribution in [0, 0.1) is 5.41 Å². The van der Waals surface area contributed by atoms with Crippen molar-refractivity contribution in [2.45, 2.75) is 31.7 Å². The molecule has 0 N–H and O–H groups in total. The predicted octanol–water partition coefficient (Wildman–Crippen LogP) is 3.78. The summed E-state index contributed by atoms with van der Waals surface area (Å²) in [5.41, 5.74) is 3.21. The highest BCUT2D eigenvalue weighted by molar-refractivity contribution is 5.21. The molecule has 2 aromatic rings. The number of benzene rings is 1. The molecular weight excluding hydrogens is 306 g/mol. The van der Waals surface area contributed by atoms with Gasteiger partial charge in [-0.25, -0.2) is 0 Å². The second-order valence-corrected chi connectivity index (χ2v) is 8.11. The van der Waals surface area contributed by atoms with Crippen molar-refractivity contribution in [1.29, 1.82) is 0 Å². The first kappa shape index (κ1) is 16.7. The van der Waals surface area contributed by atoms with E-state index in [1.165, 1.54) is 56.7 Å². The van der Waals surface area contributed by atoms with Gasteiger partial charge in [0.25, 0.3) is 0 Å². The first-order chi connectivity index (χ1) is 12.2. The van der Waals surface area contributed by atoms with Crippen LogP contribution in [-0.2, 0) is 6.54 Å². The van der Waals surface area contributed by atoms with Crippen molar-refractivity contribution < 1.29 is 0 Å². The number of rotatable bonds is 3. The van der Waals surface area contributed by atoms with Crippen LogP contribution in [-0.4, -0.2) is 48.0 Å². The van der Waals surface area contributed by atoms with Gasteiger partial charge in [0.05, 0.1) is 5.69 Å². The Morgan fingerprint density at radius 2 is 1.80 bits per heavy atom. The van der Waals surface area contributed by atoms with E-state index in [1.807, 2.05) is 12.3 Å². The van der Waals surface area contributed by atoms with Gasteiger partial charge in [-0.05, 0) is 68.4 Å². The Bertz CT molecular complexity index is 662. The highest BCUT2D eigenvalue weighted by atomic mass is 15.2. The summed E-state index contributed by atoms with van der Waals surface area (Å²) in [6.07, 6.45) is 5.88. The van der Waals surface area contributed by atoms with Crippen molar-refractivity contribution in [1.82, 2.24) is 14.8 Å². The second-order valence-electron chi connectivity index (χ2n) is 8.11. The zero-order chi connectivity index (χ0) is 17.1. The third kappa shape index (κ3) is 3.94. The van der Waals surface area contributed by atoms with Crippen molar-refractivity contribution in [3.63, 3.8) is 0 Å². The van der Waals surface area contributed by atoms with Crippen LogP contribution < -0.4 is 0 Å². The zero-order valence-electron chi connectivity index (χ0n) is 15.3. The minimum absolute atomic E-state index is 0.494. The maximum atomic E-state index is 4.49. The molecule has 2 aliphatic heterocycles. The Morgan fingerprint density at radius 1 is 1.04 bits per heavy atom. The van der Waals surface area contributed by atoms with Crippen molar-refractivity contribution in [2.24, 2.45) is 5.41 Å². The summed E-state index contributed by atoms with van der Waals surface area (Å²) in [6.45, 7) is 5.85. The molecule has 25 heavy (non-hydrogen) atoms. The molecule has 3 heterocycles. The Morgan fingerprint density at radius 3 is 2.52 bits per heavy atom. The molecule has 0 bridgehead atoms. The van der Waals surface area contributed by atoms with Crippen molar-refractivity contribution >= 4 is 0 Å². The smallest absolute Gasteiger partial charge is 0.0543 e. The van der Waals surface area contributed by atoms with E-state index in [2.05, 4.69) is 64.3 Å². The third-order valence-corrected chi connectivity index (χ3v) is 6.12. The van der Waals surface area contributed by atoms with E-state index in [9.17, 15) is 0 Å². The topological polar surface area (TPSA) is 19.4 Å². The van der Waals surface area contributed by atoms with Crippen LogP contribution in [0.5, 0.6) is 0 Å². The Labute approximate surface area is 151 Å². The van der Waals surface area contributed by atoms with E-state index in [4.69, 9.17) is 0 Å². The highest BCUT2D eigenvalue weighted by Gasteiger charge is 2.41. The quantitative estimate of drug-likeness (QED) is 0.851. The number of nitrogens with zero attached hydrogens (tertiary/aromatic N) is 3. The number of hydrogen-bond acceptors (Lipinski definition) is 3. The van der Waals surface area contributed by atoms with E-state index >= 15 is 0 Å². The van der Waals surface area contributed by atoms with Crippen LogP contribution in [0.15, 0.2) is 54.7 Å². The van der Waals surface area contributed by atoms with Crippen LogP contribution >= 0.6 is 0 Å². The number of likely N-dealkylation sites (N-methyl/N-ethyl adjacent to an activating group) is 1. The maximum Gasteiger partial charge on any atom is 0.0543 e. The molecule has 1 spiro atoms. The number of aromatic nitrogens is 1. The lowest BCUT2D eigenvalue weighted by molar-refractivity contribution is 0.0215. The molecule has 2 saturated heterocycles. The summed E-state index contributed by atoms with van der Waals surface area (Å²) >= 11 is 0. The van der Waals surface area contributed by atoms with Gasteiger partial charge >= 0.3 is 0 Å². The number of piperidine rings is 2. The lowest BCUT2D eigenvalue weighted by Gasteiger charge is -2.49. The molecule has 2 aliphatic rings. The summed E-state index contributed by atoms with van der Waals surface area (Å²) in [5, 5.41) is 0. The van der Waals surface area contributed by atoms with Gasteiger partial charge in [-0.1, -0.05) is 36.4 Å². The minimum atomic E-state index is 0.494. The van der Waals surface area contributed by atoms with Crippen LogP contribution in [0.4, 0.5) is 0 Å². The Kier molecular flexibility index (Phi) is 4.87. The molecule has 0 saturated carbocycles. The van der Waals surface area contributed by atoms with Gasteiger partial charge in [-0.3, -0.25) is 9.88 Å². The maximum absolute atomic E-state index is 4.49. The van der Waals surface area contributed by atoms with Gasteiger partial charge in [0.15, 0.2) is 0 Å². The summed E-state index contributed by atoms with van der Waals surface area (Å²) in [5.74, 6) is 0.683. The number of likely N-dealkylation sites (tertiary alicyclic amines) is 2. The van der Waals surface area contributed by atoms with Gasteiger partial charge in [0, 0.05) is 25.8 Å². The molecule has 132 valence electrons. The summed E-state index contributed by atoms with van der Waals surface area (Å²) in [4.78, 5) is 9.64. The van der Waals surface area contributed by atoms with Gasteiger partial charge in [0.1, 0.15) is 0 Å². The third-order valence-electron chi connectivity index (χ3n) is 6.12. The SMILES string of the molecule is CN1C[C@H](c2ccccc2)CC2(CCN(Cc3ccccn3)CC2)C1. The van der Waals surface area contributed by atoms with Crippen molar-refractivity contribution in [3.05, 3.63) is 66.0 Å². The summed E-state index contributed by atoms with van der Waals surface area (Å²) in [7, 11) is 2.30. The summed E-state index contributed by atoms with van der Waals surface area (Å²) in [6, 6.07) is 17.4. The van der Waals surface area contributed by atoms with Crippen LogP contribution in [0.2, 0.25) is 0 Å². The van der Waals surface area contributed by atoms with E-state index < -0.39 is 0 Å². The molecule has 0 radical (unpaired) electrons. The molecule has 3 heteroatoms. The lowest BCUT2D eigenvalue weighted by Crippen LogP contribution is -2.50. The average Bonchev–Trinajstić information content (AvgIpc) is 2.65. The molecule has 0 aliphatic carbocycles. The standard InChI is InChI=1S/C22H29N3/c1-24-16-20(19-7-3-2-4-8-19)15-22(18-24)10-13-25(14-11-22)17-21-9-5-6-12-23-21/h2-9,12,20H,10-11,13-18H2,1H3/t20-/m1/s1. The molecule has 0 amide bonds. The summed E-state index contributed by atoms with van der Waals surface area (Å²) < 4.78 is 0. The first-order valence-electron chi connectivity index (χ1n) is 9.58. The zero-order valence-corrected chi connectivity index (χ0v) is 15.3. The monoisotopic (exact) mass is 335 g/mol. The molecule has 3 nitrogen and oxygen atoms in total. The fourth-order valence-electron chi connectivity index (χ4n) is 4.88. The number of pyridine rings is 1. The van der Waals surface area contributed by atoms with Gasteiger partial charge in [0.2, 0.25) is 0 Å². The van der Waals surface area contributed by atoms with Crippen molar-refractivity contribution in [2.75, 3.05) is 33.2 Å². The first-order valence-corrected chi connectivity index (χ1v) is 9.58. The van der Waals surface area contributed by atoms with Crippen LogP contribution in [0.1, 0.15) is 36.4 Å². The highest BCUT2D eigenvalue weighted by Crippen LogP contribution is 2.44. The average molecular weight is 335 g/mol. The van der Waals surface area contributed by atoms with Gasteiger partial charge in [-0.15, -0.1) is 0 Å². The molecular formula is C22H29N3. The molecule has 2 fully saturated rings.